The van der Waals surface area contributed by atoms with Crippen LogP contribution in [-0.2, 0) is 16.3 Å². The Bertz CT molecular complexity index is 394. The third kappa shape index (κ3) is 4.88. The van der Waals surface area contributed by atoms with Gasteiger partial charge in [0.1, 0.15) is 0 Å². The number of hydrogen-bond donors (Lipinski definition) is 1. The fourth-order valence-electron chi connectivity index (χ4n) is 1.55. The number of rotatable bonds is 5. The number of hydrogen-bond acceptors (Lipinski definition) is 1. The Kier molecular flexibility index (Phi) is 5.35. The molecular formula is C15H22NO2. The molecule has 99 valence electrons. The second-order valence-electron chi connectivity index (χ2n) is 5.57. The van der Waals surface area contributed by atoms with Gasteiger partial charge in [0.25, 0.3) is 0 Å². The standard InChI is InChI=1S/C15H22NO2/c1-15(2,3)14(18)16-13-9-6-8-12(11-13)7-4-5-10-17/h6,8-9,11H,4-5,7,10H2,1-3H3,(H,16,18). The summed E-state index contributed by atoms with van der Waals surface area (Å²) in [7, 11) is 0. The van der Waals surface area contributed by atoms with E-state index in [1.54, 1.807) is 0 Å². The first-order valence-electron chi connectivity index (χ1n) is 6.42. The number of nitrogens with one attached hydrogen (secondary N) is 1. The summed E-state index contributed by atoms with van der Waals surface area (Å²) in [6.45, 7) is 5.65. The summed E-state index contributed by atoms with van der Waals surface area (Å²) in [5, 5.41) is 13.3. The SMILES string of the molecule is CC(C)(C)C(=O)Nc1cccc(CCCC[O])c1. The molecule has 0 fully saturated rings. The summed E-state index contributed by atoms with van der Waals surface area (Å²) in [6.07, 6.45) is 2.50. The van der Waals surface area contributed by atoms with Crippen LogP contribution in [0.1, 0.15) is 39.2 Å². The molecule has 0 heterocycles. The normalized spacial score (nSPS) is 11.3. The van der Waals surface area contributed by atoms with Crippen molar-refractivity contribution in [1.29, 1.82) is 0 Å². The second kappa shape index (κ2) is 6.55. The van der Waals surface area contributed by atoms with Crippen LogP contribution in [0.2, 0.25) is 0 Å². The number of unbranched alkanes of at least 4 members (excludes halogenated alkanes) is 1. The number of amides is 1. The summed E-state index contributed by atoms with van der Waals surface area (Å²) in [4.78, 5) is 11.9. The maximum Gasteiger partial charge on any atom is 0.229 e. The van der Waals surface area contributed by atoms with E-state index in [1.165, 1.54) is 0 Å². The summed E-state index contributed by atoms with van der Waals surface area (Å²) in [5.41, 5.74) is 1.60. The van der Waals surface area contributed by atoms with Crippen molar-refractivity contribution in [2.24, 2.45) is 5.41 Å². The van der Waals surface area contributed by atoms with Crippen molar-refractivity contribution in [1.82, 2.24) is 0 Å². The van der Waals surface area contributed by atoms with Gasteiger partial charge in [-0.3, -0.25) is 4.79 Å². The lowest BCUT2D eigenvalue weighted by Crippen LogP contribution is -2.27. The summed E-state index contributed by atoms with van der Waals surface area (Å²) in [6, 6.07) is 7.83. The highest BCUT2D eigenvalue weighted by atomic mass is 16.2. The third-order valence-electron chi connectivity index (χ3n) is 2.73. The average molecular weight is 248 g/mol. The molecule has 1 aromatic rings. The number of carbonyl (C=O) groups is 1. The molecule has 0 aliphatic heterocycles. The first-order valence-corrected chi connectivity index (χ1v) is 6.42. The van der Waals surface area contributed by atoms with Crippen LogP contribution in [0.4, 0.5) is 5.69 Å². The van der Waals surface area contributed by atoms with E-state index in [0.717, 1.165) is 24.1 Å². The largest absolute Gasteiger partial charge is 0.326 e. The van der Waals surface area contributed by atoms with Crippen molar-refractivity contribution in [2.75, 3.05) is 11.9 Å². The molecule has 0 bridgehead atoms. The molecule has 0 spiro atoms. The van der Waals surface area contributed by atoms with Gasteiger partial charge in [-0.15, -0.1) is 0 Å². The van der Waals surface area contributed by atoms with E-state index >= 15 is 0 Å². The highest BCUT2D eigenvalue weighted by molar-refractivity contribution is 5.94. The topological polar surface area (TPSA) is 49.0 Å². The van der Waals surface area contributed by atoms with Gasteiger partial charge in [0.2, 0.25) is 5.91 Å². The molecule has 0 aliphatic carbocycles. The lowest BCUT2D eigenvalue weighted by molar-refractivity contribution is -0.123. The van der Waals surface area contributed by atoms with Crippen molar-refractivity contribution in [3.05, 3.63) is 29.8 Å². The van der Waals surface area contributed by atoms with Gasteiger partial charge >= 0.3 is 0 Å². The van der Waals surface area contributed by atoms with Crippen LogP contribution >= 0.6 is 0 Å². The number of carbonyl (C=O) groups excluding carboxylic acids is 1. The molecule has 0 saturated carbocycles. The minimum Gasteiger partial charge on any atom is -0.326 e. The summed E-state index contributed by atoms with van der Waals surface area (Å²) >= 11 is 0. The molecule has 1 amide bonds. The molecular weight excluding hydrogens is 226 g/mol. The van der Waals surface area contributed by atoms with Crippen LogP contribution in [0.3, 0.4) is 0 Å². The van der Waals surface area contributed by atoms with E-state index in [2.05, 4.69) is 5.32 Å². The van der Waals surface area contributed by atoms with Gasteiger partial charge in [0.15, 0.2) is 0 Å². The molecule has 3 nitrogen and oxygen atoms in total. The number of anilines is 1. The Labute approximate surface area is 109 Å². The van der Waals surface area contributed by atoms with Crippen molar-refractivity contribution in [3.63, 3.8) is 0 Å². The molecule has 1 aromatic carbocycles. The molecule has 0 aromatic heterocycles. The second-order valence-corrected chi connectivity index (χ2v) is 5.57. The van der Waals surface area contributed by atoms with Crippen LogP contribution in [0.5, 0.6) is 0 Å². The molecule has 1 radical (unpaired) electrons. The maximum atomic E-state index is 11.9. The zero-order valence-electron chi connectivity index (χ0n) is 11.5. The predicted octanol–water partition coefficient (Wildman–Crippen LogP) is 3.42. The fourth-order valence-corrected chi connectivity index (χ4v) is 1.55. The molecule has 1 rings (SSSR count). The van der Waals surface area contributed by atoms with E-state index in [1.807, 2.05) is 45.0 Å². The first-order chi connectivity index (χ1) is 8.43. The average Bonchev–Trinajstić information content (AvgIpc) is 2.28. The van der Waals surface area contributed by atoms with Gasteiger partial charge in [-0.2, -0.15) is 0 Å². The minimum absolute atomic E-state index is 0.0132. The van der Waals surface area contributed by atoms with Gasteiger partial charge in [0.05, 0.1) is 6.61 Å². The quantitative estimate of drug-likeness (QED) is 0.797. The minimum atomic E-state index is -0.390. The number of aryl methyl sites for hydroxylation is 1. The monoisotopic (exact) mass is 248 g/mol. The lowest BCUT2D eigenvalue weighted by Gasteiger charge is -2.18. The van der Waals surface area contributed by atoms with E-state index in [0.29, 0.717) is 6.42 Å². The smallest absolute Gasteiger partial charge is 0.229 e. The Morgan fingerprint density at radius 1 is 1.22 bits per heavy atom. The zero-order chi connectivity index (χ0) is 13.6. The van der Waals surface area contributed by atoms with Crippen LogP contribution in [0.15, 0.2) is 24.3 Å². The van der Waals surface area contributed by atoms with Crippen LogP contribution in [-0.4, -0.2) is 12.5 Å². The zero-order valence-corrected chi connectivity index (χ0v) is 11.5. The highest BCUT2D eigenvalue weighted by Crippen LogP contribution is 2.18. The van der Waals surface area contributed by atoms with Crippen molar-refractivity contribution in [2.45, 2.75) is 40.0 Å². The maximum absolute atomic E-state index is 11.9. The molecule has 0 saturated heterocycles. The fraction of sp³-hybridized carbons (Fsp3) is 0.533. The van der Waals surface area contributed by atoms with Gasteiger partial charge in [0, 0.05) is 11.1 Å². The lowest BCUT2D eigenvalue weighted by atomic mass is 9.95. The van der Waals surface area contributed by atoms with Crippen molar-refractivity contribution in [3.8, 4) is 0 Å². The summed E-state index contributed by atoms with van der Waals surface area (Å²) in [5.74, 6) is 0.0132. The molecule has 3 heteroatoms. The third-order valence-corrected chi connectivity index (χ3v) is 2.73. The van der Waals surface area contributed by atoms with E-state index in [4.69, 9.17) is 0 Å². The Hall–Kier alpha value is -1.35. The van der Waals surface area contributed by atoms with Crippen molar-refractivity contribution >= 4 is 11.6 Å². The molecule has 0 unspecified atom stereocenters. The van der Waals surface area contributed by atoms with Crippen molar-refractivity contribution < 1.29 is 9.90 Å². The van der Waals surface area contributed by atoms with Crippen LogP contribution in [0, 0.1) is 5.41 Å². The summed E-state index contributed by atoms with van der Waals surface area (Å²) < 4.78 is 0. The highest BCUT2D eigenvalue weighted by Gasteiger charge is 2.20. The Morgan fingerprint density at radius 3 is 2.56 bits per heavy atom. The van der Waals surface area contributed by atoms with E-state index in [9.17, 15) is 9.90 Å². The molecule has 1 N–H and O–H groups in total. The van der Waals surface area contributed by atoms with Crippen LogP contribution in [0.25, 0.3) is 0 Å². The van der Waals surface area contributed by atoms with Gasteiger partial charge in [-0.25, -0.2) is 5.11 Å². The van der Waals surface area contributed by atoms with E-state index < -0.39 is 5.41 Å². The Morgan fingerprint density at radius 2 is 1.94 bits per heavy atom. The Balaban J connectivity index is 2.62. The predicted molar refractivity (Wildman–Crippen MR) is 73.0 cm³/mol. The number of benzene rings is 1. The van der Waals surface area contributed by atoms with Gasteiger partial charge < -0.3 is 5.32 Å². The first kappa shape index (κ1) is 14.7. The van der Waals surface area contributed by atoms with Gasteiger partial charge in [-0.1, -0.05) is 32.9 Å². The van der Waals surface area contributed by atoms with Gasteiger partial charge in [-0.05, 0) is 37.0 Å². The van der Waals surface area contributed by atoms with E-state index in [-0.39, 0.29) is 12.5 Å². The molecule has 0 aliphatic rings. The van der Waals surface area contributed by atoms with Crippen LogP contribution < -0.4 is 5.32 Å². The molecule has 0 atom stereocenters. The molecule has 18 heavy (non-hydrogen) atoms.